The maximum atomic E-state index is 6.02. The van der Waals surface area contributed by atoms with Gasteiger partial charge in [-0.25, -0.2) is 0 Å². The van der Waals surface area contributed by atoms with Crippen molar-refractivity contribution in [2.75, 3.05) is 18.5 Å². The molecule has 0 aliphatic carbocycles. The van der Waals surface area contributed by atoms with Gasteiger partial charge in [-0.15, -0.1) is 25.2 Å². The highest BCUT2D eigenvalue weighted by Crippen LogP contribution is 2.20. The van der Waals surface area contributed by atoms with Crippen molar-refractivity contribution in [2.45, 2.75) is 6.42 Å². The molecule has 3 aromatic heterocycles. The first kappa shape index (κ1) is 18.1. The van der Waals surface area contributed by atoms with E-state index >= 15 is 0 Å². The minimum Gasteiger partial charge on any atom is -0.344 e. The Balaban J connectivity index is 1.44. The Morgan fingerprint density at radius 1 is 1.07 bits per heavy atom. The zero-order chi connectivity index (χ0) is 19.5. The first-order valence-electron chi connectivity index (χ1n) is 8.67. The first-order chi connectivity index (χ1) is 13.6. The van der Waals surface area contributed by atoms with Gasteiger partial charge >= 0.3 is 0 Å². The second-order valence-electron chi connectivity index (χ2n) is 6.27. The number of aromatic nitrogens is 8. The fraction of sp³-hybridized carbons (Fsp3) is 0.222. The number of tetrazole rings is 1. The van der Waals surface area contributed by atoms with Crippen molar-refractivity contribution in [3.8, 4) is 17.1 Å². The Bertz CT molecular complexity index is 1070. The summed E-state index contributed by atoms with van der Waals surface area (Å²) in [4.78, 5) is 7.53. The molecule has 10 heteroatoms. The Morgan fingerprint density at radius 2 is 1.89 bits per heavy atom. The van der Waals surface area contributed by atoms with Gasteiger partial charge in [0.2, 0.25) is 5.95 Å². The molecule has 4 aromatic rings. The van der Waals surface area contributed by atoms with E-state index < -0.39 is 0 Å². The molecule has 0 atom stereocenters. The van der Waals surface area contributed by atoms with Crippen molar-refractivity contribution in [1.82, 2.24) is 40.0 Å². The van der Waals surface area contributed by atoms with Gasteiger partial charge in [-0.2, -0.15) is 0 Å². The molecule has 0 saturated heterocycles. The largest absolute Gasteiger partial charge is 0.344 e. The molecule has 0 fully saturated rings. The third kappa shape index (κ3) is 3.70. The number of pyridine rings is 1. The lowest BCUT2D eigenvalue weighted by Gasteiger charge is -2.16. The first-order valence-corrected chi connectivity index (χ1v) is 9.05. The van der Waals surface area contributed by atoms with Crippen LogP contribution in [0, 0.1) is 0 Å². The highest BCUT2D eigenvalue weighted by Gasteiger charge is 2.15. The third-order valence-corrected chi connectivity index (χ3v) is 4.53. The number of halogens is 1. The lowest BCUT2D eigenvalue weighted by atomic mass is 10.2. The topological polar surface area (TPSA) is 90.4 Å². The van der Waals surface area contributed by atoms with Crippen LogP contribution in [0.25, 0.3) is 17.1 Å². The van der Waals surface area contributed by atoms with Gasteiger partial charge in [-0.1, -0.05) is 17.7 Å². The van der Waals surface area contributed by atoms with Gasteiger partial charge < -0.3 is 4.90 Å². The Morgan fingerprint density at radius 3 is 2.68 bits per heavy atom. The molecule has 4 rings (SSSR count). The predicted molar refractivity (Wildman–Crippen MR) is 105 cm³/mol. The smallest absolute Gasteiger partial charge is 0.227 e. The maximum Gasteiger partial charge on any atom is 0.227 e. The summed E-state index contributed by atoms with van der Waals surface area (Å²) in [5, 5.41) is 21.9. The normalized spacial score (nSPS) is 11.0. The van der Waals surface area contributed by atoms with E-state index in [1.165, 1.54) is 4.80 Å². The number of rotatable bonds is 6. The van der Waals surface area contributed by atoms with Crippen molar-refractivity contribution in [1.29, 1.82) is 0 Å². The molecule has 0 bridgehead atoms. The quantitative estimate of drug-likeness (QED) is 0.494. The molecule has 142 valence electrons. The number of benzene rings is 1. The highest BCUT2D eigenvalue weighted by atomic mass is 35.5. The van der Waals surface area contributed by atoms with Crippen molar-refractivity contribution < 1.29 is 0 Å². The minimum absolute atomic E-state index is 0.620. The summed E-state index contributed by atoms with van der Waals surface area (Å²) < 4.78 is 1.95. The number of hydrogen-bond acceptors (Lipinski definition) is 7. The van der Waals surface area contributed by atoms with Gasteiger partial charge in [0.15, 0.2) is 11.6 Å². The van der Waals surface area contributed by atoms with E-state index in [0.717, 1.165) is 23.0 Å². The van der Waals surface area contributed by atoms with E-state index in [-0.39, 0.29) is 0 Å². The van der Waals surface area contributed by atoms with Crippen LogP contribution in [0.5, 0.6) is 0 Å². The maximum absolute atomic E-state index is 6.02. The number of anilines is 1. The van der Waals surface area contributed by atoms with Crippen molar-refractivity contribution in [3.05, 3.63) is 59.6 Å². The Hall–Kier alpha value is -3.33. The van der Waals surface area contributed by atoms with E-state index in [2.05, 4.69) is 30.6 Å². The Kier molecular flexibility index (Phi) is 4.98. The second-order valence-corrected chi connectivity index (χ2v) is 6.70. The van der Waals surface area contributed by atoms with E-state index in [1.54, 1.807) is 24.5 Å². The fourth-order valence-corrected chi connectivity index (χ4v) is 3.01. The SMILES string of the molecule is CN(CCc1nnn(-c2cccc(Cl)c2)n1)c1nnc(-c2ccncc2)n1C. The van der Waals surface area contributed by atoms with Crippen LogP contribution in [0.15, 0.2) is 48.8 Å². The van der Waals surface area contributed by atoms with Crippen LogP contribution in [0.2, 0.25) is 5.02 Å². The summed E-state index contributed by atoms with van der Waals surface area (Å²) in [7, 11) is 3.90. The highest BCUT2D eigenvalue weighted by molar-refractivity contribution is 6.30. The fourth-order valence-electron chi connectivity index (χ4n) is 2.83. The monoisotopic (exact) mass is 395 g/mol. The molecule has 1 aromatic carbocycles. The molecule has 0 unspecified atom stereocenters. The van der Waals surface area contributed by atoms with Gasteiger partial charge in [0.1, 0.15) is 0 Å². The van der Waals surface area contributed by atoms with Crippen LogP contribution in [0.3, 0.4) is 0 Å². The summed E-state index contributed by atoms with van der Waals surface area (Å²) in [6.07, 6.45) is 4.10. The van der Waals surface area contributed by atoms with Gasteiger partial charge in [0, 0.05) is 50.0 Å². The van der Waals surface area contributed by atoms with Crippen molar-refractivity contribution >= 4 is 17.5 Å². The van der Waals surface area contributed by atoms with Crippen LogP contribution in [-0.4, -0.2) is 53.5 Å². The molecule has 28 heavy (non-hydrogen) atoms. The molecule has 0 N–H and O–H groups in total. The zero-order valence-electron chi connectivity index (χ0n) is 15.4. The van der Waals surface area contributed by atoms with Crippen LogP contribution in [0.1, 0.15) is 5.82 Å². The summed E-state index contributed by atoms with van der Waals surface area (Å²) in [5.41, 5.74) is 1.74. The van der Waals surface area contributed by atoms with Crippen LogP contribution < -0.4 is 4.90 Å². The molecule has 3 heterocycles. The van der Waals surface area contributed by atoms with E-state index in [4.69, 9.17) is 11.6 Å². The molecular weight excluding hydrogens is 378 g/mol. The third-order valence-electron chi connectivity index (χ3n) is 4.30. The van der Waals surface area contributed by atoms with E-state index in [0.29, 0.717) is 23.8 Å². The summed E-state index contributed by atoms with van der Waals surface area (Å²) in [6, 6.07) is 11.1. The number of likely N-dealkylation sites (N-methyl/N-ethyl adjacent to an activating group) is 1. The molecule has 0 radical (unpaired) electrons. The van der Waals surface area contributed by atoms with Crippen molar-refractivity contribution in [3.63, 3.8) is 0 Å². The van der Waals surface area contributed by atoms with E-state index in [9.17, 15) is 0 Å². The van der Waals surface area contributed by atoms with Gasteiger partial charge in [-0.05, 0) is 35.5 Å². The molecule has 9 nitrogen and oxygen atoms in total. The average Bonchev–Trinajstić information content (AvgIpc) is 3.34. The lowest BCUT2D eigenvalue weighted by Crippen LogP contribution is -2.24. The van der Waals surface area contributed by atoms with Gasteiger partial charge in [0.25, 0.3) is 0 Å². The molecule has 0 spiro atoms. The Labute approximate surface area is 166 Å². The van der Waals surface area contributed by atoms with Gasteiger partial charge in [-0.3, -0.25) is 9.55 Å². The van der Waals surface area contributed by atoms with Crippen LogP contribution in [0.4, 0.5) is 5.95 Å². The number of hydrogen-bond donors (Lipinski definition) is 0. The van der Waals surface area contributed by atoms with Crippen LogP contribution >= 0.6 is 11.6 Å². The predicted octanol–water partition coefficient (Wildman–Crippen LogP) is 2.19. The second kappa shape index (κ2) is 7.73. The minimum atomic E-state index is 0.620. The molecular formula is C18H18ClN9. The van der Waals surface area contributed by atoms with E-state index in [1.807, 2.05) is 47.8 Å². The summed E-state index contributed by atoms with van der Waals surface area (Å²) >= 11 is 6.02. The number of nitrogens with zero attached hydrogens (tertiary/aromatic N) is 9. The summed E-state index contributed by atoms with van der Waals surface area (Å²) in [6.45, 7) is 0.670. The van der Waals surface area contributed by atoms with Crippen LogP contribution in [-0.2, 0) is 13.5 Å². The molecule has 0 saturated carbocycles. The molecule has 0 aliphatic heterocycles. The lowest BCUT2D eigenvalue weighted by molar-refractivity contribution is 0.715. The zero-order valence-corrected chi connectivity index (χ0v) is 16.2. The summed E-state index contributed by atoms with van der Waals surface area (Å²) in [5.74, 6) is 2.19. The average molecular weight is 396 g/mol. The molecule has 0 aliphatic rings. The van der Waals surface area contributed by atoms with Gasteiger partial charge in [0.05, 0.1) is 5.69 Å². The van der Waals surface area contributed by atoms with Crippen molar-refractivity contribution in [2.24, 2.45) is 7.05 Å². The molecule has 0 amide bonds. The standard InChI is InChI=1S/C18H18ClN9/c1-26(18-23-22-17(27(18)2)13-6-9-20-10-7-13)11-8-16-21-25-28(24-16)15-5-3-4-14(19)12-15/h3-7,9-10,12H,8,11H2,1-2H3.